The third-order valence-electron chi connectivity index (χ3n) is 5.82. The summed E-state index contributed by atoms with van der Waals surface area (Å²) in [7, 11) is 0. The van der Waals surface area contributed by atoms with Gasteiger partial charge in [-0.2, -0.15) is 4.57 Å². The molecular weight excluding hydrogens is 382 g/mol. The number of allylic oxidation sites excluding steroid dienone is 4. The molecule has 6 heterocycles. The van der Waals surface area contributed by atoms with Gasteiger partial charge < -0.3 is 4.98 Å². The predicted octanol–water partition coefficient (Wildman–Crippen LogP) is 1.94. The molecule has 0 aliphatic carbocycles. The maximum absolute atomic E-state index is 4.84. The molecule has 2 aromatic rings. The smallest absolute Gasteiger partial charge is 0.263 e. The topological polar surface area (TPSA) is 56.4 Å². The first kappa shape index (κ1) is 18.0. The van der Waals surface area contributed by atoms with Crippen LogP contribution in [0.2, 0.25) is 0 Å². The van der Waals surface area contributed by atoms with Crippen LogP contribution in [0.15, 0.2) is 113 Å². The monoisotopic (exact) mass is 404 g/mol. The molecule has 0 aromatic carbocycles. The summed E-state index contributed by atoms with van der Waals surface area (Å²) in [6, 6.07) is 10.2. The number of rotatable bonds is 1. The first-order valence-corrected chi connectivity index (χ1v) is 10.4. The van der Waals surface area contributed by atoms with Crippen LogP contribution in [0.4, 0.5) is 0 Å². The average Bonchev–Trinajstić information content (AvgIpc) is 3.54. The summed E-state index contributed by atoms with van der Waals surface area (Å²) < 4.78 is 2.17. The molecule has 0 radical (unpaired) electrons. The zero-order valence-corrected chi connectivity index (χ0v) is 17.2. The molecule has 6 rings (SSSR count). The van der Waals surface area contributed by atoms with Crippen LogP contribution in [0.1, 0.15) is 6.92 Å². The van der Waals surface area contributed by atoms with Crippen LogP contribution in [-0.4, -0.2) is 21.9 Å². The van der Waals surface area contributed by atoms with Gasteiger partial charge in [0.25, 0.3) is 5.66 Å². The van der Waals surface area contributed by atoms with E-state index in [1.165, 1.54) is 0 Å². The Morgan fingerprint density at radius 3 is 2.10 bits per heavy atom. The van der Waals surface area contributed by atoms with Crippen LogP contribution in [0.25, 0.3) is 12.2 Å². The third-order valence-corrected chi connectivity index (χ3v) is 5.82. The fourth-order valence-electron chi connectivity index (χ4n) is 4.41. The van der Waals surface area contributed by atoms with Crippen LogP contribution in [-0.2, 0) is 5.66 Å². The van der Waals surface area contributed by atoms with Gasteiger partial charge in [-0.3, -0.25) is 0 Å². The molecule has 2 N–H and O–H groups in total. The number of nitrogens with zero attached hydrogens (tertiary/aromatic N) is 3. The molecule has 0 spiro atoms. The second kappa shape index (κ2) is 6.59. The normalized spacial score (nSPS) is 27.9. The van der Waals surface area contributed by atoms with Crippen molar-refractivity contribution in [2.45, 2.75) is 18.1 Å². The van der Waals surface area contributed by atoms with Crippen LogP contribution < -0.4 is 20.6 Å². The molecule has 4 aliphatic heterocycles. The summed E-state index contributed by atoms with van der Waals surface area (Å²) in [5.74, 6) is 0. The Balaban J connectivity index is 1.57. The number of aromatic amines is 1. The third kappa shape index (κ3) is 3.29. The highest BCUT2D eigenvalue weighted by Crippen LogP contribution is 2.30. The number of hydrogen-bond acceptors (Lipinski definition) is 3. The van der Waals surface area contributed by atoms with Gasteiger partial charge in [-0.1, -0.05) is 12.1 Å². The SMILES string of the molecule is CC12C=CC([n+]3ccccc3)(C=C3C=CC(=N3)C=c3ccc([nH]3)=CC3=NC(=C1)C=C3)N2. The van der Waals surface area contributed by atoms with Crippen molar-refractivity contribution in [1.82, 2.24) is 10.3 Å². The number of hydrogen-bond donors (Lipinski definition) is 2. The van der Waals surface area contributed by atoms with Gasteiger partial charge in [0.15, 0.2) is 12.4 Å². The van der Waals surface area contributed by atoms with Gasteiger partial charge in [0.1, 0.15) is 0 Å². The van der Waals surface area contributed by atoms with E-state index in [0.29, 0.717) is 0 Å². The minimum absolute atomic E-state index is 0.365. The number of pyridine rings is 1. The van der Waals surface area contributed by atoms with Crippen molar-refractivity contribution < 1.29 is 4.57 Å². The van der Waals surface area contributed by atoms with E-state index in [9.17, 15) is 0 Å². The van der Waals surface area contributed by atoms with E-state index in [4.69, 9.17) is 9.98 Å². The fraction of sp³-hybridized carbons (Fsp3) is 0.115. The molecule has 2 unspecified atom stereocenters. The summed E-state index contributed by atoms with van der Waals surface area (Å²) in [5.41, 5.74) is 2.81. The van der Waals surface area contributed by atoms with Crippen molar-refractivity contribution in [3.63, 3.8) is 0 Å². The minimum atomic E-state index is -0.538. The van der Waals surface area contributed by atoms with E-state index < -0.39 is 5.66 Å². The van der Waals surface area contributed by atoms with Crippen molar-refractivity contribution in [3.05, 3.63) is 113 Å². The molecule has 2 aromatic heterocycles. The minimum Gasteiger partial charge on any atom is -0.355 e. The summed E-state index contributed by atoms with van der Waals surface area (Å²) in [5, 5.41) is 5.84. The first-order valence-electron chi connectivity index (χ1n) is 10.4. The van der Waals surface area contributed by atoms with Gasteiger partial charge in [-0.05, 0) is 61.6 Å². The highest BCUT2D eigenvalue weighted by atomic mass is 15.3. The first-order chi connectivity index (χ1) is 15.1. The highest BCUT2D eigenvalue weighted by Gasteiger charge is 2.45. The molecule has 0 saturated carbocycles. The molecule has 0 amide bonds. The molecule has 0 saturated heterocycles. The Morgan fingerprint density at radius 1 is 0.774 bits per heavy atom. The second-order valence-electron chi connectivity index (χ2n) is 8.39. The molecule has 150 valence electrons. The Morgan fingerprint density at radius 2 is 1.42 bits per heavy atom. The van der Waals surface area contributed by atoms with E-state index in [0.717, 1.165) is 33.5 Å². The van der Waals surface area contributed by atoms with Crippen molar-refractivity contribution in [2.24, 2.45) is 9.98 Å². The van der Waals surface area contributed by atoms with E-state index in [1.54, 1.807) is 0 Å². The maximum Gasteiger partial charge on any atom is 0.263 e. The Hall–Kier alpha value is -3.83. The van der Waals surface area contributed by atoms with Gasteiger partial charge in [-0.15, -0.1) is 0 Å². The second-order valence-corrected chi connectivity index (χ2v) is 8.39. The molecule has 4 aliphatic rings. The molecule has 8 bridgehead atoms. The van der Waals surface area contributed by atoms with Gasteiger partial charge in [0.05, 0.1) is 28.4 Å². The Bertz CT molecular complexity index is 1410. The average molecular weight is 404 g/mol. The highest BCUT2D eigenvalue weighted by molar-refractivity contribution is 6.20. The zero-order valence-electron chi connectivity index (χ0n) is 17.2. The summed E-state index contributed by atoms with van der Waals surface area (Å²) in [4.78, 5) is 13.1. The van der Waals surface area contributed by atoms with Gasteiger partial charge >= 0.3 is 0 Å². The van der Waals surface area contributed by atoms with E-state index in [1.807, 2.05) is 30.4 Å². The fourth-order valence-corrected chi connectivity index (χ4v) is 4.41. The quantitative estimate of drug-likeness (QED) is 0.554. The van der Waals surface area contributed by atoms with Gasteiger partial charge in [0.2, 0.25) is 0 Å². The lowest BCUT2D eigenvalue weighted by molar-refractivity contribution is -0.746. The molecule has 5 nitrogen and oxygen atoms in total. The van der Waals surface area contributed by atoms with Crippen molar-refractivity contribution in [3.8, 4) is 0 Å². The zero-order chi connectivity index (χ0) is 20.9. The molecule has 2 atom stereocenters. The Kier molecular flexibility index (Phi) is 3.82. The molecule has 5 heteroatoms. The largest absolute Gasteiger partial charge is 0.355 e. The number of H-pyrrole nitrogens is 1. The van der Waals surface area contributed by atoms with Crippen LogP contribution in [0.3, 0.4) is 0 Å². The van der Waals surface area contributed by atoms with Crippen molar-refractivity contribution in [2.75, 3.05) is 0 Å². The number of aromatic nitrogens is 2. The molecule has 0 fully saturated rings. The van der Waals surface area contributed by atoms with Crippen LogP contribution in [0.5, 0.6) is 0 Å². The number of aliphatic imine (C=N–C) groups is 2. The standard InChI is InChI=1S/C26H22N5/c1-25-11-12-26(30-25,31-13-3-2-4-14-31)18-24-10-8-22(29-24)16-20-6-5-19(27-20)15-21-7-9-23(17-25)28-21/h2-18,27,30H,1H3/q+1. The lowest BCUT2D eigenvalue weighted by atomic mass is 10.0. The summed E-state index contributed by atoms with van der Waals surface area (Å²) in [6.07, 6.45) is 25.2. The van der Waals surface area contributed by atoms with Crippen LogP contribution >= 0.6 is 0 Å². The number of nitrogens with one attached hydrogen (secondary N) is 2. The van der Waals surface area contributed by atoms with Crippen LogP contribution in [0, 0.1) is 0 Å². The summed E-state index contributed by atoms with van der Waals surface area (Å²) >= 11 is 0. The van der Waals surface area contributed by atoms with Crippen molar-refractivity contribution in [1.29, 1.82) is 0 Å². The molecule has 31 heavy (non-hydrogen) atoms. The van der Waals surface area contributed by atoms with Gasteiger partial charge in [-0.25, -0.2) is 15.3 Å². The predicted molar refractivity (Wildman–Crippen MR) is 124 cm³/mol. The lowest BCUT2D eigenvalue weighted by Gasteiger charge is -2.27. The maximum atomic E-state index is 4.84. The Labute approximate surface area is 180 Å². The van der Waals surface area contributed by atoms with E-state index in [2.05, 4.69) is 94.9 Å². The van der Waals surface area contributed by atoms with Crippen molar-refractivity contribution >= 4 is 23.6 Å². The lowest BCUT2D eigenvalue weighted by Crippen LogP contribution is -2.63. The number of fused-ring (bicyclic) bond motifs is 6. The van der Waals surface area contributed by atoms with E-state index in [-0.39, 0.29) is 5.54 Å². The van der Waals surface area contributed by atoms with E-state index >= 15 is 0 Å². The summed E-state index contributed by atoms with van der Waals surface area (Å²) in [6.45, 7) is 2.17. The molecular formula is C26H22N5+. The van der Waals surface area contributed by atoms with Gasteiger partial charge in [0, 0.05) is 35.0 Å².